The molecule has 0 amide bonds. The van der Waals surface area contributed by atoms with Gasteiger partial charge in [0, 0.05) is 24.5 Å². The molecule has 0 atom stereocenters. The van der Waals surface area contributed by atoms with E-state index in [1.54, 1.807) is 0 Å². The van der Waals surface area contributed by atoms with Crippen molar-refractivity contribution in [1.82, 2.24) is 0 Å². The van der Waals surface area contributed by atoms with Crippen LogP contribution >= 0.6 is 0 Å². The zero-order valence-corrected chi connectivity index (χ0v) is 14.3. The van der Waals surface area contributed by atoms with Gasteiger partial charge < -0.3 is 10.6 Å². The number of nitrogens with zero attached hydrogens (tertiary/aromatic N) is 2. The van der Waals surface area contributed by atoms with Crippen molar-refractivity contribution in [3.05, 3.63) is 23.8 Å². The number of hydrogen-bond donors (Lipinski definition) is 1. The van der Waals surface area contributed by atoms with Crippen molar-refractivity contribution < 1.29 is 0 Å². The van der Waals surface area contributed by atoms with E-state index in [0.717, 1.165) is 18.8 Å². The zero-order valence-electron chi connectivity index (χ0n) is 14.3. The summed E-state index contributed by atoms with van der Waals surface area (Å²) < 4.78 is 0. The fourth-order valence-electron chi connectivity index (χ4n) is 2.67. The van der Waals surface area contributed by atoms with Gasteiger partial charge in [-0.25, -0.2) is 0 Å². The van der Waals surface area contributed by atoms with Crippen LogP contribution in [0.4, 0.5) is 11.4 Å². The number of nitrogen functional groups attached to an aromatic ring is 1. The summed E-state index contributed by atoms with van der Waals surface area (Å²) in [7, 11) is 0. The summed E-state index contributed by atoms with van der Waals surface area (Å²) in [4.78, 5) is 2.42. The molecule has 0 aliphatic carbocycles. The summed E-state index contributed by atoms with van der Waals surface area (Å²) in [5.74, 6) is 0. The Morgan fingerprint density at radius 1 is 0.955 bits per heavy atom. The average molecular weight is 301 g/mol. The van der Waals surface area contributed by atoms with Crippen LogP contribution in [0.3, 0.4) is 0 Å². The molecule has 0 fully saturated rings. The lowest BCUT2D eigenvalue weighted by atomic mass is 10.1. The maximum atomic E-state index is 9.17. The van der Waals surface area contributed by atoms with Gasteiger partial charge in [-0.3, -0.25) is 0 Å². The average Bonchev–Trinajstić information content (AvgIpc) is 2.54. The van der Waals surface area contributed by atoms with Crippen molar-refractivity contribution in [1.29, 1.82) is 5.26 Å². The normalized spacial score (nSPS) is 10.4. The Balaban J connectivity index is 2.68. The maximum absolute atomic E-state index is 9.17. The molecular weight excluding hydrogens is 270 g/mol. The van der Waals surface area contributed by atoms with E-state index < -0.39 is 0 Å². The summed E-state index contributed by atoms with van der Waals surface area (Å²) in [5.41, 5.74) is 8.14. The number of benzene rings is 1. The Labute approximate surface area is 136 Å². The molecule has 0 bridgehead atoms. The number of hydrogen-bond acceptors (Lipinski definition) is 3. The van der Waals surface area contributed by atoms with E-state index in [-0.39, 0.29) is 0 Å². The van der Waals surface area contributed by atoms with Crippen molar-refractivity contribution in [2.24, 2.45) is 0 Å². The van der Waals surface area contributed by atoms with Gasteiger partial charge in [-0.2, -0.15) is 5.26 Å². The van der Waals surface area contributed by atoms with E-state index in [2.05, 4.69) is 30.9 Å². The lowest BCUT2D eigenvalue weighted by molar-refractivity contribution is 0.609. The van der Waals surface area contributed by atoms with E-state index in [1.165, 1.54) is 51.4 Å². The van der Waals surface area contributed by atoms with Crippen molar-refractivity contribution in [3.8, 4) is 6.07 Å². The quantitative estimate of drug-likeness (QED) is 0.456. The third-order valence-corrected chi connectivity index (χ3v) is 4.09. The van der Waals surface area contributed by atoms with E-state index >= 15 is 0 Å². The molecule has 1 aromatic carbocycles. The first-order chi connectivity index (χ1) is 10.7. The molecule has 0 saturated heterocycles. The van der Waals surface area contributed by atoms with Gasteiger partial charge >= 0.3 is 0 Å². The highest BCUT2D eigenvalue weighted by atomic mass is 15.1. The molecule has 122 valence electrons. The van der Waals surface area contributed by atoms with Crippen LogP contribution in [0.25, 0.3) is 0 Å². The fraction of sp³-hybridized carbons (Fsp3) is 0.632. The largest absolute Gasteiger partial charge is 0.398 e. The molecule has 1 rings (SSSR count). The first-order valence-electron chi connectivity index (χ1n) is 8.77. The minimum Gasteiger partial charge on any atom is -0.398 e. The van der Waals surface area contributed by atoms with Gasteiger partial charge in [0.2, 0.25) is 0 Å². The Bertz CT molecular complexity index is 450. The van der Waals surface area contributed by atoms with Crippen LogP contribution in [0, 0.1) is 11.3 Å². The minimum absolute atomic E-state index is 0.572. The summed E-state index contributed by atoms with van der Waals surface area (Å²) in [6, 6.07) is 8.04. The first kappa shape index (κ1) is 18.4. The molecule has 0 saturated carbocycles. The molecule has 0 aliphatic heterocycles. The zero-order chi connectivity index (χ0) is 16.2. The molecule has 0 heterocycles. The molecule has 0 spiro atoms. The third-order valence-electron chi connectivity index (χ3n) is 4.09. The molecule has 0 aliphatic rings. The minimum atomic E-state index is 0.572. The van der Waals surface area contributed by atoms with Crippen molar-refractivity contribution in [2.45, 2.75) is 65.2 Å². The monoisotopic (exact) mass is 301 g/mol. The predicted molar refractivity (Wildman–Crippen MR) is 96.1 cm³/mol. The highest BCUT2D eigenvalue weighted by Crippen LogP contribution is 2.22. The maximum Gasteiger partial charge on any atom is 0.101 e. The SMILES string of the molecule is CCCCCCN(CCCCCC)c1ccc(N)c(C#N)c1. The van der Waals surface area contributed by atoms with Gasteiger partial charge in [-0.05, 0) is 31.0 Å². The number of nitriles is 1. The van der Waals surface area contributed by atoms with Gasteiger partial charge in [-0.1, -0.05) is 52.4 Å². The van der Waals surface area contributed by atoms with Crippen LogP contribution in [0.2, 0.25) is 0 Å². The molecule has 3 heteroatoms. The highest BCUT2D eigenvalue weighted by Gasteiger charge is 2.08. The topological polar surface area (TPSA) is 53.0 Å². The lowest BCUT2D eigenvalue weighted by Gasteiger charge is -2.25. The second kappa shape index (κ2) is 11.0. The summed E-state index contributed by atoms with van der Waals surface area (Å²) in [6.45, 7) is 6.62. The Kier molecular flexibility index (Phi) is 9.14. The van der Waals surface area contributed by atoms with Crippen LogP contribution in [0.1, 0.15) is 70.8 Å². The number of rotatable bonds is 11. The number of nitrogens with two attached hydrogens (primary N) is 1. The highest BCUT2D eigenvalue weighted by molar-refractivity contribution is 5.62. The fourth-order valence-corrected chi connectivity index (χ4v) is 2.67. The molecule has 0 radical (unpaired) electrons. The van der Waals surface area contributed by atoms with Crippen LogP contribution in [-0.4, -0.2) is 13.1 Å². The smallest absolute Gasteiger partial charge is 0.101 e. The predicted octanol–water partition coefficient (Wildman–Crippen LogP) is 5.11. The Morgan fingerprint density at radius 2 is 1.55 bits per heavy atom. The summed E-state index contributed by atoms with van der Waals surface area (Å²) in [5, 5.41) is 9.17. The Morgan fingerprint density at radius 3 is 2.05 bits per heavy atom. The van der Waals surface area contributed by atoms with E-state index in [1.807, 2.05) is 12.1 Å². The van der Waals surface area contributed by atoms with E-state index in [9.17, 15) is 0 Å². The van der Waals surface area contributed by atoms with Crippen LogP contribution in [0.15, 0.2) is 18.2 Å². The van der Waals surface area contributed by atoms with Gasteiger partial charge in [0.05, 0.1) is 5.56 Å². The van der Waals surface area contributed by atoms with Gasteiger partial charge in [0.1, 0.15) is 6.07 Å². The third kappa shape index (κ3) is 6.39. The Hall–Kier alpha value is -1.69. The van der Waals surface area contributed by atoms with Crippen molar-refractivity contribution in [2.75, 3.05) is 23.7 Å². The number of anilines is 2. The van der Waals surface area contributed by atoms with Crippen LogP contribution in [0.5, 0.6) is 0 Å². The standard InChI is InChI=1S/C19H31N3/c1-3-5-7-9-13-22(14-10-8-6-4-2)18-11-12-19(21)17(15-18)16-20/h11-12,15H,3-10,13-14,21H2,1-2H3. The molecule has 0 aromatic heterocycles. The summed E-state index contributed by atoms with van der Waals surface area (Å²) in [6.07, 6.45) is 10.1. The van der Waals surface area contributed by atoms with Crippen molar-refractivity contribution >= 4 is 11.4 Å². The summed E-state index contributed by atoms with van der Waals surface area (Å²) >= 11 is 0. The molecule has 22 heavy (non-hydrogen) atoms. The molecule has 1 aromatic rings. The van der Waals surface area contributed by atoms with Gasteiger partial charge in [0.15, 0.2) is 0 Å². The van der Waals surface area contributed by atoms with E-state index in [0.29, 0.717) is 11.3 Å². The molecular formula is C19H31N3. The molecule has 0 unspecified atom stereocenters. The van der Waals surface area contributed by atoms with Gasteiger partial charge in [0.25, 0.3) is 0 Å². The van der Waals surface area contributed by atoms with Crippen molar-refractivity contribution in [3.63, 3.8) is 0 Å². The van der Waals surface area contributed by atoms with Gasteiger partial charge in [-0.15, -0.1) is 0 Å². The number of unbranched alkanes of at least 4 members (excludes halogenated alkanes) is 6. The second-order valence-electron chi connectivity index (χ2n) is 5.99. The molecule has 2 N–H and O–H groups in total. The van der Waals surface area contributed by atoms with E-state index in [4.69, 9.17) is 11.0 Å². The van der Waals surface area contributed by atoms with Crippen LogP contribution in [-0.2, 0) is 0 Å². The molecule has 3 nitrogen and oxygen atoms in total. The second-order valence-corrected chi connectivity index (χ2v) is 5.99. The first-order valence-corrected chi connectivity index (χ1v) is 8.77. The van der Waals surface area contributed by atoms with Crippen LogP contribution < -0.4 is 10.6 Å². The lowest BCUT2D eigenvalue weighted by Crippen LogP contribution is -2.25.